The molecule has 2 amide bonds. The molecule has 2 heterocycles. The molecule has 144 valence electrons. The van der Waals surface area contributed by atoms with Crippen LogP contribution < -0.4 is 10.6 Å². The molecule has 1 atom stereocenters. The van der Waals surface area contributed by atoms with Crippen molar-refractivity contribution in [1.82, 2.24) is 14.9 Å². The molecule has 2 aliphatic rings. The van der Waals surface area contributed by atoms with Gasteiger partial charge in [-0.1, -0.05) is 0 Å². The van der Waals surface area contributed by atoms with Crippen molar-refractivity contribution in [2.24, 2.45) is 5.92 Å². The van der Waals surface area contributed by atoms with Crippen LogP contribution >= 0.6 is 12.4 Å². The number of hydrogen-bond donors (Lipinski definition) is 2. The van der Waals surface area contributed by atoms with Crippen molar-refractivity contribution in [3.05, 3.63) is 29.3 Å². The van der Waals surface area contributed by atoms with Crippen molar-refractivity contribution in [2.45, 2.75) is 37.6 Å². The van der Waals surface area contributed by atoms with Gasteiger partial charge in [-0.2, -0.15) is 0 Å². The number of amides is 2. The average molecular weight is 402 g/mol. The van der Waals surface area contributed by atoms with Crippen molar-refractivity contribution in [2.75, 3.05) is 19.6 Å². The summed E-state index contributed by atoms with van der Waals surface area (Å²) >= 11 is 0. The van der Waals surface area contributed by atoms with Crippen LogP contribution in [-0.4, -0.2) is 50.2 Å². The van der Waals surface area contributed by atoms with Crippen molar-refractivity contribution >= 4 is 34.2 Å². The van der Waals surface area contributed by atoms with E-state index in [1.54, 1.807) is 13.8 Å². The molecule has 0 bridgehead atoms. The van der Waals surface area contributed by atoms with Crippen LogP contribution in [0, 0.1) is 5.92 Å². The highest BCUT2D eigenvalue weighted by atomic mass is 35.5. The lowest BCUT2D eigenvalue weighted by atomic mass is 9.99. The molecule has 0 spiro atoms. The summed E-state index contributed by atoms with van der Waals surface area (Å²) in [4.78, 5) is 24.6. The summed E-state index contributed by atoms with van der Waals surface area (Å²) in [6.45, 7) is 5.72. The smallest absolute Gasteiger partial charge is 0.269 e. The van der Waals surface area contributed by atoms with Crippen LogP contribution in [0.3, 0.4) is 0 Å². The third kappa shape index (κ3) is 3.72. The van der Waals surface area contributed by atoms with Crippen LogP contribution in [0.5, 0.6) is 0 Å². The normalized spacial score (nSPS) is 21.3. The Kier molecular flexibility index (Phi) is 6.31. The van der Waals surface area contributed by atoms with E-state index in [0.717, 1.165) is 30.2 Å². The van der Waals surface area contributed by atoms with Crippen LogP contribution in [0.2, 0.25) is 0 Å². The quantitative estimate of drug-likeness (QED) is 0.794. The fraction of sp³-hybridized carbons (Fsp3) is 0.529. The predicted molar refractivity (Wildman–Crippen MR) is 100 cm³/mol. The number of nitrogens with one attached hydrogen (secondary N) is 2. The first-order chi connectivity index (χ1) is 11.8. The molecule has 9 heteroatoms. The van der Waals surface area contributed by atoms with Crippen molar-refractivity contribution in [1.29, 1.82) is 0 Å². The van der Waals surface area contributed by atoms with Crippen molar-refractivity contribution in [3.63, 3.8) is 0 Å². The van der Waals surface area contributed by atoms with Crippen LogP contribution in [0.1, 0.15) is 47.4 Å². The molecule has 1 saturated heterocycles. The molecule has 1 aromatic carbocycles. The summed E-state index contributed by atoms with van der Waals surface area (Å²) in [5.41, 5.74) is 0.381. The standard InChI is InChI=1S/C17H23N3O4S.ClH/c1-11(2)20-17(22)14-6-5-13(8-15(14)25(20,23)24)16(21)19-10-12-4-3-7-18-9-12;/h5-6,8,11-12,18H,3-4,7,9-10H2,1-2H3,(H,19,21);1H. The summed E-state index contributed by atoms with van der Waals surface area (Å²) in [6.07, 6.45) is 2.15. The molecular formula is C17H24ClN3O4S. The monoisotopic (exact) mass is 401 g/mol. The number of piperidine rings is 1. The number of carbonyl (C=O) groups excluding carboxylic acids is 2. The van der Waals surface area contributed by atoms with Gasteiger partial charge < -0.3 is 10.6 Å². The highest BCUT2D eigenvalue weighted by molar-refractivity contribution is 7.90. The Balaban J connectivity index is 0.00000243. The molecule has 0 aliphatic carbocycles. The molecule has 1 aromatic rings. The number of rotatable bonds is 4. The Bertz CT molecular complexity index is 804. The lowest BCUT2D eigenvalue weighted by molar-refractivity contribution is 0.0845. The zero-order chi connectivity index (χ0) is 18.2. The molecule has 2 aliphatic heterocycles. The largest absolute Gasteiger partial charge is 0.352 e. The second kappa shape index (κ2) is 7.94. The van der Waals surface area contributed by atoms with Crippen LogP contribution in [-0.2, 0) is 10.0 Å². The maximum atomic E-state index is 12.6. The first kappa shape index (κ1) is 20.7. The minimum atomic E-state index is -3.89. The lowest BCUT2D eigenvalue weighted by Gasteiger charge is -2.22. The molecule has 2 N–H and O–H groups in total. The van der Waals surface area contributed by atoms with Gasteiger partial charge in [-0.15, -0.1) is 12.4 Å². The summed E-state index contributed by atoms with van der Waals surface area (Å²) in [5.74, 6) is -0.474. The van der Waals surface area contributed by atoms with Crippen LogP contribution in [0.25, 0.3) is 0 Å². The fourth-order valence-corrected chi connectivity index (χ4v) is 5.13. The molecule has 3 rings (SSSR count). The third-order valence-electron chi connectivity index (χ3n) is 4.63. The molecular weight excluding hydrogens is 378 g/mol. The summed E-state index contributed by atoms with van der Waals surface area (Å²) in [5, 5.41) is 6.15. The van der Waals surface area contributed by atoms with E-state index in [2.05, 4.69) is 10.6 Å². The van der Waals surface area contributed by atoms with Gasteiger partial charge in [0.05, 0.1) is 5.56 Å². The number of halogens is 1. The van der Waals surface area contributed by atoms with E-state index in [1.807, 2.05) is 0 Å². The molecule has 0 saturated carbocycles. The summed E-state index contributed by atoms with van der Waals surface area (Å²) in [7, 11) is -3.89. The first-order valence-corrected chi connectivity index (χ1v) is 9.98. The third-order valence-corrected chi connectivity index (χ3v) is 6.63. The Morgan fingerprint density at radius 3 is 2.73 bits per heavy atom. The summed E-state index contributed by atoms with van der Waals surface area (Å²) in [6, 6.07) is 3.76. The zero-order valence-electron chi connectivity index (χ0n) is 14.8. The zero-order valence-corrected chi connectivity index (χ0v) is 16.5. The van der Waals surface area contributed by atoms with Crippen molar-refractivity contribution < 1.29 is 18.0 Å². The number of sulfonamides is 1. The predicted octanol–water partition coefficient (Wildman–Crippen LogP) is 1.39. The van der Waals surface area contributed by atoms with E-state index in [9.17, 15) is 18.0 Å². The SMILES string of the molecule is CC(C)N1C(=O)c2ccc(C(=O)NCC3CCCNC3)cc2S1(=O)=O.Cl. The number of hydrogen-bond acceptors (Lipinski definition) is 5. The Morgan fingerprint density at radius 1 is 1.38 bits per heavy atom. The second-order valence-electron chi connectivity index (χ2n) is 6.83. The lowest BCUT2D eigenvalue weighted by Crippen LogP contribution is -2.38. The number of benzene rings is 1. The first-order valence-electron chi connectivity index (χ1n) is 8.54. The van der Waals surface area contributed by atoms with Crippen LogP contribution in [0.4, 0.5) is 0 Å². The highest BCUT2D eigenvalue weighted by Crippen LogP contribution is 2.32. The maximum absolute atomic E-state index is 12.6. The van der Waals surface area contributed by atoms with E-state index >= 15 is 0 Å². The van der Waals surface area contributed by atoms with Gasteiger partial charge >= 0.3 is 0 Å². The molecule has 1 fully saturated rings. The minimum Gasteiger partial charge on any atom is -0.352 e. The molecule has 0 aromatic heterocycles. The van der Waals surface area contributed by atoms with E-state index in [0.29, 0.717) is 12.5 Å². The number of fused-ring (bicyclic) bond motifs is 1. The van der Waals surface area contributed by atoms with E-state index in [-0.39, 0.29) is 34.3 Å². The van der Waals surface area contributed by atoms with E-state index < -0.39 is 22.0 Å². The molecule has 7 nitrogen and oxygen atoms in total. The average Bonchev–Trinajstić information content (AvgIpc) is 2.79. The Morgan fingerprint density at radius 2 is 2.12 bits per heavy atom. The van der Waals surface area contributed by atoms with Crippen LogP contribution in [0.15, 0.2) is 23.1 Å². The topological polar surface area (TPSA) is 95.6 Å². The van der Waals surface area contributed by atoms with Gasteiger partial charge in [-0.05, 0) is 63.9 Å². The molecule has 0 radical (unpaired) electrons. The van der Waals surface area contributed by atoms with Crippen molar-refractivity contribution in [3.8, 4) is 0 Å². The summed E-state index contributed by atoms with van der Waals surface area (Å²) < 4.78 is 26.0. The Labute approximate surface area is 160 Å². The molecule has 26 heavy (non-hydrogen) atoms. The highest BCUT2D eigenvalue weighted by Gasteiger charge is 2.42. The van der Waals surface area contributed by atoms with Gasteiger partial charge in [0, 0.05) is 18.2 Å². The second-order valence-corrected chi connectivity index (χ2v) is 8.62. The molecule has 1 unspecified atom stereocenters. The number of nitrogens with zero attached hydrogens (tertiary/aromatic N) is 1. The van der Waals surface area contributed by atoms with Gasteiger partial charge in [0.2, 0.25) is 0 Å². The fourth-order valence-electron chi connectivity index (χ4n) is 3.34. The number of carbonyl (C=O) groups is 2. The van der Waals surface area contributed by atoms with Gasteiger partial charge in [-0.25, -0.2) is 12.7 Å². The maximum Gasteiger partial charge on any atom is 0.269 e. The van der Waals surface area contributed by atoms with Gasteiger partial charge in [-0.3, -0.25) is 9.59 Å². The van der Waals surface area contributed by atoms with E-state index in [4.69, 9.17) is 0 Å². The van der Waals surface area contributed by atoms with E-state index in [1.165, 1.54) is 18.2 Å². The minimum absolute atomic E-state index is 0. The van der Waals surface area contributed by atoms with Gasteiger partial charge in [0.15, 0.2) is 0 Å². The Hall–Kier alpha value is -1.64. The van der Waals surface area contributed by atoms with Gasteiger partial charge in [0.1, 0.15) is 4.90 Å². The van der Waals surface area contributed by atoms with Gasteiger partial charge in [0.25, 0.3) is 21.8 Å².